The average molecular weight is 330 g/mol. The first-order valence-electron chi connectivity index (χ1n) is 5.60. The lowest BCUT2D eigenvalue weighted by Crippen LogP contribution is -2.18. The van der Waals surface area contributed by atoms with Gasteiger partial charge in [-0.15, -0.1) is 13.2 Å². The molecule has 2 aromatic rings. The lowest BCUT2D eigenvalue weighted by molar-refractivity contribution is -0.274. The molecule has 0 radical (unpaired) electrons. The number of ether oxygens (including phenoxy) is 1. The van der Waals surface area contributed by atoms with E-state index in [9.17, 15) is 13.2 Å². The standard InChI is InChI=1S/C12H7ClF3N5O/c13-6-2-1-3-7(22-12(14,15)16)8(6)9-5(4-17)10(18)21-11(19)20-9/h1-3H,(H4,18,19,20,21). The molecule has 0 aliphatic rings. The molecule has 0 saturated heterocycles. The second kappa shape index (κ2) is 5.57. The van der Waals surface area contributed by atoms with Gasteiger partial charge in [-0.3, -0.25) is 0 Å². The Morgan fingerprint density at radius 3 is 2.50 bits per heavy atom. The van der Waals surface area contributed by atoms with E-state index in [4.69, 9.17) is 28.3 Å². The first kappa shape index (κ1) is 15.7. The maximum absolute atomic E-state index is 12.5. The maximum Gasteiger partial charge on any atom is 0.573 e. The molecular formula is C12H7ClF3N5O. The third-order valence-electron chi connectivity index (χ3n) is 2.50. The SMILES string of the molecule is N#Cc1c(N)nc(N)nc1-c1c(Cl)cccc1OC(F)(F)F. The van der Waals surface area contributed by atoms with Crippen LogP contribution in [-0.4, -0.2) is 16.3 Å². The number of nitrogens with zero attached hydrogens (tertiary/aromatic N) is 3. The fourth-order valence-electron chi connectivity index (χ4n) is 1.73. The van der Waals surface area contributed by atoms with Gasteiger partial charge in [-0.2, -0.15) is 10.2 Å². The fourth-order valence-corrected chi connectivity index (χ4v) is 1.99. The van der Waals surface area contributed by atoms with Gasteiger partial charge < -0.3 is 16.2 Å². The molecule has 0 fully saturated rings. The molecule has 1 heterocycles. The molecular weight excluding hydrogens is 323 g/mol. The van der Waals surface area contributed by atoms with Gasteiger partial charge in [0.15, 0.2) is 0 Å². The zero-order valence-corrected chi connectivity index (χ0v) is 11.4. The monoisotopic (exact) mass is 329 g/mol. The minimum absolute atomic E-state index is 0.115. The van der Waals surface area contributed by atoms with Crippen molar-refractivity contribution in [3.8, 4) is 23.1 Å². The van der Waals surface area contributed by atoms with Crippen LogP contribution < -0.4 is 16.2 Å². The van der Waals surface area contributed by atoms with Gasteiger partial charge >= 0.3 is 6.36 Å². The van der Waals surface area contributed by atoms with Crippen LogP contribution in [0.15, 0.2) is 18.2 Å². The topological polar surface area (TPSA) is 111 Å². The Morgan fingerprint density at radius 1 is 1.23 bits per heavy atom. The molecule has 4 N–H and O–H groups in total. The van der Waals surface area contributed by atoms with Gasteiger partial charge in [-0.1, -0.05) is 17.7 Å². The molecule has 0 saturated carbocycles. The summed E-state index contributed by atoms with van der Waals surface area (Å²) in [7, 11) is 0. The number of anilines is 2. The van der Waals surface area contributed by atoms with E-state index >= 15 is 0 Å². The molecule has 6 nitrogen and oxygen atoms in total. The minimum atomic E-state index is -4.95. The van der Waals surface area contributed by atoms with Crippen molar-refractivity contribution >= 4 is 23.4 Å². The fraction of sp³-hybridized carbons (Fsp3) is 0.0833. The highest BCUT2D eigenvalue weighted by molar-refractivity contribution is 6.33. The Bertz CT molecular complexity index is 773. The number of rotatable bonds is 2. The molecule has 0 atom stereocenters. The summed E-state index contributed by atoms with van der Waals surface area (Å²) in [5.41, 5.74) is 10.2. The third-order valence-corrected chi connectivity index (χ3v) is 2.82. The molecule has 2 rings (SSSR count). The molecule has 0 amide bonds. The van der Waals surface area contributed by atoms with E-state index in [0.29, 0.717) is 0 Å². The predicted octanol–water partition coefficient (Wildman–Crippen LogP) is 2.73. The molecule has 0 bridgehead atoms. The Labute approximate surface area is 127 Å². The van der Waals surface area contributed by atoms with E-state index < -0.39 is 12.1 Å². The van der Waals surface area contributed by atoms with Gasteiger partial charge in [0.05, 0.1) is 10.6 Å². The second-order valence-electron chi connectivity index (χ2n) is 3.96. The van der Waals surface area contributed by atoms with Crippen molar-refractivity contribution in [3.63, 3.8) is 0 Å². The summed E-state index contributed by atoms with van der Waals surface area (Å²) in [6.07, 6.45) is -4.95. The van der Waals surface area contributed by atoms with Crippen molar-refractivity contribution in [2.24, 2.45) is 0 Å². The summed E-state index contributed by atoms with van der Waals surface area (Å²) >= 11 is 5.93. The quantitative estimate of drug-likeness (QED) is 0.876. The van der Waals surface area contributed by atoms with Gasteiger partial charge in [0.25, 0.3) is 0 Å². The predicted molar refractivity (Wildman–Crippen MR) is 72.7 cm³/mol. The van der Waals surface area contributed by atoms with Crippen molar-refractivity contribution in [3.05, 3.63) is 28.8 Å². The van der Waals surface area contributed by atoms with Crippen molar-refractivity contribution in [1.82, 2.24) is 9.97 Å². The number of nitriles is 1. The van der Waals surface area contributed by atoms with Crippen LogP contribution in [0.3, 0.4) is 0 Å². The summed E-state index contributed by atoms with van der Waals surface area (Å²) in [6.45, 7) is 0. The molecule has 1 aromatic heterocycles. The lowest BCUT2D eigenvalue weighted by Gasteiger charge is -2.15. The molecule has 0 spiro atoms. The Kier molecular flexibility index (Phi) is 3.97. The Balaban J connectivity index is 2.76. The second-order valence-corrected chi connectivity index (χ2v) is 4.37. The molecule has 1 aromatic carbocycles. The van der Waals surface area contributed by atoms with Crippen molar-refractivity contribution in [2.45, 2.75) is 6.36 Å². The summed E-state index contributed by atoms with van der Waals surface area (Å²) in [4.78, 5) is 7.34. The van der Waals surface area contributed by atoms with Gasteiger partial charge in [0.1, 0.15) is 28.9 Å². The van der Waals surface area contributed by atoms with Gasteiger partial charge in [-0.25, -0.2) is 4.98 Å². The summed E-state index contributed by atoms with van der Waals surface area (Å²) in [5.74, 6) is -1.22. The summed E-state index contributed by atoms with van der Waals surface area (Å²) < 4.78 is 41.4. The number of hydrogen-bond donors (Lipinski definition) is 2. The number of alkyl halides is 3. The Hall–Kier alpha value is -2.73. The van der Waals surface area contributed by atoms with Crippen LogP contribution in [0, 0.1) is 11.3 Å². The normalized spacial score (nSPS) is 11.0. The average Bonchev–Trinajstić information content (AvgIpc) is 2.36. The van der Waals surface area contributed by atoms with Crippen molar-refractivity contribution in [1.29, 1.82) is 5.26 Å². The first-order valence-corrected chi connectivity index (χ1v) is 5.98. The molecule has 0 aliphatic carbocycles. The number of nitrogen functional groups attached to an aromatic ring is 2. The lowest BCUT2D eigenvalue weighted by atomic mass is 10.1. The van der Waals surface area contributed by atoms with Crippen LogP contribution in [0.4, 0.5) is 24.9 Å². The highest BCUT2D eigenvalue weighted by Crippen LogP contribution is 2.40. The van der Waals surface area contributed by atoms with Gasteiger partial charge in [0, 0.05) is 0 Å². The third kappa shape index (κ3) is 3.12. The van der Waals surface area contributed by atoms with Crippen LogP contribution in [0.1, 0.15) is 5.56 Å². The van der Waals surface area contributed by atoms with Crippen LogP contribution >= 0.6 is 11.6 Å². The highest BCUT2D eigenvalue weighted by atomic mass is 35.5. The van der Waals surface area contributed by atoms with Crippen molar-refractivity contribution < 1.29 is 17.9 Å². The molecule has 22 heavy (non-hydrogen) atoms. The minimum Gasteiger partial charge on any atom is -0.405 e. The molecule has 114 valence electrons. The van der Waals surface area contributed by atoms with Gasteiger partial charge in [-0.05, 0) is 12.1 Å². The maximum atomic E-state index is 12.5. The van der Waals surface area contributed by atoms with E-state index in [2.05, 4.69) is 14.7 Å². The highest BCUT2D eigenvalue weighted by Gasteiger charge is 2.33. The van der Waals surface area contributed by atoms with Crippen LogP contribution in [0.25, 0.3) is 11.3 Å². The largest absolute Gasteiger partial charge is 0.573 e. The van der Waals surface area contributed by atoms with Crippen LogP contribution in [0.2, 0.25) is 5.02 Å². The van der Waals surface area contributed by atoms with Crippen LogP contribution in [-0.2, 0) is 0 Å². The first-order chi connectivity index (χ1) is 10.2. The number of benzene rings is 1. The molecule has 0 unspecified atom stereocenters. The Morgan fingerprint density at radius 2 is 1.91 bits per heavy atom. The van der Waals surface area contributed by atoms with Crippen LogP contribution in [0.5, 0.6) is 5.75 Å². The van der Waals surface area contributed by atoms with E-state index in [-0.39, 0.29) is 33.6 Å². The van der Waals surface area contributed by atoms with E-state index in [1.807, 2.05) is 0 Å². The molecule has 0 aliphatic heterocycles. The van der Waals surface area contributed by atoms with E-state index in [1.165, 1.54) is 12.1 Å². The zero-order chi connectivity index (χ0) is 16.5. The van der Waals surface area contributed by atoms with Crippen molar-refractivity contribution in [2.75, 3.05) is 11.5 Å². The van der Waals surface area contributed by atoms with E-state index in [1.54, 1.807) is 6.07 Å². The number of aromatic nitrogens is 2. The van der Waals surface area contributed by atoms with Gasteiger partial charge in [0.2, 0.25) is 5.95 Å². The number of nitrogens with two attached hydrogens (primary N) is 2. The smallest absolute Gasteiger partial charge is 0.405 e. The van der Waals surface area contributed by atoms with E-state index in [0.717, 1.165) is 6.07 Å². The molecule has 10 heteroatoms. The summed E-state index contributed by atoms with van der Waals surface area (Å²) in [5, 5.41) is 8.99. The summed E-state index contributed by atoms with van der Waals surface area (Å²) in [6, 6.07) is 5.31. The number of hydrogen-bond acceptors (Lipinski definition) is 6. The number of halogens is 4. The zero-order valence-electron chi connectivity index (χ0n) is 10.6.